The van der Waals surface area contributed by atoms with E-state index in [-0.39, 0.29) is 221 Å². The third kappa shape index (κ3) is 33.6. The van der Waals surface area contributed by atoms with E-state index in [0.717, 1.165) is 30.2 Å². The Morgan fingerprint density at radius 3 is 1.80 bits per heavy atom. The van der Waals surface area contributed by atoms with E-state index in [4.69, 9.17) is 20.9 Å². The first-order chi connectivity index (χ1) is 62.1. The highest BCUT2D eigenvalue weighted by molar-refractivity contribution is 7.98. The van der Waals surface area contributed by atoms with Gasteiger partial charge < -0.3 is 110 Å². The molecule has 42 heteroatoms. The van der Waals surface area contributed by atoms with Gasteiger partial charge in [0.1, 0.15) is 48.9 Å². The number of hydrogen-bond donors (Lipinski definition) is 19. The Morgan fingerprint density at radius 2 is 1.20 bits per heavy atom. The summed E-state index contributed by atoms with van der Waals surface area (Å²) < 4.78 is 11.4. The monoisotopic (exact) mass is 1860 g/mol. The predicted octanol–water partition coefficient (Wildman–Crippen LogP) is -1.67. The SMILES string of the molecule is C=CNC=NC[C@H](NC(=O)CNC(=O)[C@@H](NC(=O)[C@H](C)NC(=O)[C@H](Cc1c[nH]c2ccccc12)NC(=O)[C@H](CCC(N)=O)NC(=O)CC[C@@H](C)[C@H]1CCC2C3C(C[C@H](O)[C@@]21C)[C@@]1(C)CC[C@H](NC(=O)COCCOCCNC(=O)CN2CCN(CC(=O)O)CCN(CC(=O)O)CCN(CC(=O)O)CC2)CC1C[C@H]3O)C(C)C)C(=O)N[C@@H](CC(C)C)C(=O)N[C@@H](CCSC)C(N)=O. The van der Waals surface area contributed by atoms with E-state index >= 15 is 0 Å². The number of nitrogens with two attached hydrogens (primary N) is 2. The summed E-state index contributed by atoms with van der Waals surface area (Å²) in [6, 6.07) is -1.93. The predicted molar refractivity (Wildman–Crippen MR) is 487 cm³/mol. The molecule has 4 unspecified atom stereocenters. The fourth-order valence-electron chi connectivity index (χ4n) is 19.6. The molecule has 0 radical (unpaired) electrons. The smallest absolute Gasteiger partial charge is 0.317 e. The van der Waals surface area contributed by atoms with Crippen LogP contribution in [0.2, 0.25) is 0 Å². The lowest BCUT2D eigenvalue weighted by Crippen LogP contribution is -2.63. The number of thioether (sulfide) groups is 1. The van der Waals surface area contributed by atoms with Gasteiger partial charge in [0, 0.05) is 101 Å². The molecule has 5 aliphatic rings. The Kier molecular flexibility index (Phi) is 43.8. The molecule has 2 aromatic rings. The van der Waals surface area contributed by atoms with Crippen molar-refractivity contribution in [2.45, 2.75) is 206 Å². The number of rotatable bonds is 52. The summed E-state index contributed by atoms with van der Waals surface area (Å²) >= 11 is 1.45. The standard InChI is InChI=1S/C89H143N19O22S/c1-11-92-51-93-44-68(86(127)102-66(38-52(2)3)85(126)101-64(81(91)122)23-37-131-10)100-73(113)45-96-87(128)80(53(4)5)104-82(123)55(7)97-84(125)67(39-56-43-95-63-15-13-12-14-59(56)63)103-83(124)65(19-20-71(90)111)99-72(112)21-16-54(6)60-17-18-61-79-62(42-70(110)89(60,61)9)88(8)24-22-58(40-57(88)41-69(79)109)98-75(115)50-130-36-35-129-34-25-94-74(114)46-105-26-28-106(47-76(116)117)30-32-108(49-78(120)121)33-31-107(29-27-105)48-77(118)119/h11-15,43,51-55,57-58,60-62,64-70,79-80,95,109-110H,1,16-42,44-50H2,2-10H3,(H2,90,111)(H2,91,122)(H,92,93)(H,94,114)(H,96,128)(H,97,125)(H,98,115)(H,99,112)(H,100,113)(H,101,126)(H,102,127)(H,103,124)(H,104,123)(H,116,117)(H,118,119)(H,120,121)/t54-,55+,57?,58+,60-,61?,62?,64+,65+,66+,67+,68+,69-,70+,79?,80+,88+,89-/m1/s1. The summed E-state index contributed by atoms with van der Waals surface area (Å²) in [4.78, 5) is 213. The molecule has 4 saturated carbocycles. The molecule has 0 spiro atoms. The average Bonchev–Trinajstić information content (AvgIpc) is 1.62. The van der Waals surface area contributed by atoms with E-state index < -0.39 is 149 Å². The summed E-state index contributed by atoms with van der Waals surface area (Å²) in [5.41, 5.74) is 11.7. The van der Waals surface area contributed by atoms with Crippen molar-refractivity contribution in [2.24, 2.45) is 74.6 Å². The van der Waals surface area contributed by atoms with Crippen LogP contribution in [-0.2, 0) is 87.8 Å². The minimum Gasteiger partial charge on any atom is -0.480 e. The molecular weight excluding hydrogens is 1720 g/mol. The number of hydrogen-bond acceptors (Lipinski definition) is 25. The molecule has 12 amide bonds. The maximum atomic E-state index is 14.7. The molecule has 131 heavy (non-hydrogen) atoms. The number of carbonyl (C=O) groups is 15. The van der Waals surface area contributed by atoms with E-state index in [9.17, 15) is 97.5 Å². The first-order valence-corrected chi connectivity index (χ1v) is 47.0. The number of aliphatic hydroxyl groups is 2. The first kappa shape index (κ1) is 108. The second-order valence-corrected chi connectivity index (χ2v) is 37.8. The number of amides is 12. The number of aliphatic carboxylic acids is 3. The molecule has 1 aromatic carbocycles. The van der Waals surface area contributed by atoms with Crippen LogP contribution in [0.4, 0.5) is 0 Å². The summed E-state index contributed by atoms with van der Waals surface area (Å²) in [6.45, 7) is 18.7. The van der Waals surface area contributed by atoms with E-state index in [1.165, 1.54) is 31.2 Å². The number of primary amides is 2. The Labute approximate surface area is 770 Å². The van der Waals surface area contributed by atoms with Crippen molar-refractivity contribution in [2.75, 3.05) is 137 Å². The van der Waals surface area contributed by atoms with Crippen molar-refractivity contribution < 1.29 is 107 Å². The van der Waals surface area contributed by atoms with Crippen molar-refractivity contribution in [3.05, 3.63) is 48.8 Å². The van der Waals surface area contributed by atoms with Crippen LogP contribution in [0.5, 0.6) is 0 Å². The largest absolute Gasteiger partial charge is 0.480 e. The molecule has 7 rings (SSSR count). The summed E-state index contributed by atoms with van der Waals surface area (Å²) in [7, 11) is 0. The van der Waals surface area contributed by atoms with Gasteiger partial charge in [-0.1, -0.05) is 73.2 Å². The number of nitrogens with one attached hydrogen (secondary N) is 12. The van der Waals surface area contributed by atoms with E-state index in [1.54, 1.807) is 40.8 Å². The molecule has 18 atom stereocenters. The maximum Gasteiger partial charge on any atom is 0.317 e. The third-order valence-corrected chi connectivity index (χ3v) is 27.3. The van der Waals surface area contributed by atoms with Gasteiger partial charge in [0.2, 0.25) is 70.9 Å². The lowest BCUT2D eigenvalue weighted by atomic mass is 9.43. The van der Waals surface area contributed by atoms with Gasteiger partial charge in [-0.15, -0.1) is 0 Å². The highest BCUT2D eigenvalue weighted by Crippen LogP contribution is 2.68. The molecule has 732 valence electrons. The third-order valence-electron chi connectivity index (χ3n) is 26.6. The van der Waals surface area contributed by atoms with Crippen LogP contribution in [0.15, 0.2) is 48.2 Å². The molecule has 41 nitrogen and oxygen atoms in total. The number of nitrogens with zero attached hydrogens (tertiary/aromatic N) is 5. The fraction of sp³-hybridized carbons (Fsp3) is 0.708. The number of aliphatic hydroxyl groups excluding tert-OH is 2. The number of fused-ring (bicyclic) bond motifs is 6. The average molecular weight is 1860 g/mol. The number of carbonyl (C=O) groups excluding carboxylic acids is 12. The number of carboxylic acid groups (broad SMARTS) is 3. The number of benzene rings is 1. The van der Waals surface area contributed by atoms with Gasteiger partial charge in [-0.3, -0.25) is 96.5 Å². The minimum absolute atomic E-state index is 0.00552. The van der Waals surface area contributed by atoms with Gasteiger partial charge in [0.25, 0.3) is 0 Å². The van der Waals surface area contributed by atoms with E-state index in [1.807, 2.05) is 50.1 Å². The zero-order valence-corrected chi connectivity index (χ0v) is 78.0. The van der Waals surface area contributed by atoms with Crippen LogP contribution in [0.25, 0.3) is 10.9 Å². The summed E-state index contributed by atoms with van der Waals surface area (Å²) in [6.07, 6.45) is 9.21. The zero-order valence-electron chi connectivity index (χ0n) is 77.2. The van der Waals surface area contributed by atoms with Gasteiger partial charge in [-0.25, -0.2) is 0 Å². The Morgan fingerprint density at radius 1 is 0.611 bits per heavy atom. The van der Waals surface area contributed by atoms with Crippen LogP contribution in [0, 0.1) is 58.2 Å². The van der Waals surface area contributed by atoms with Crippen LogP contribution < -0.4 is 70.0 Å². The Bertz CT molecular complexity index is 4210. The maximum absolute atomic E-state index is 14.7. The number of ether oxygens (including phenoxy) is 2. The van der Waals surface area contributed by atoms with Crippen LogP contribution >= 0.6 is 11.8 Å². The number of aliphatic imine (C=N–C) groups is 1. The van der Waals surface area contributed by atoms with Crippen LogP contribution in [0.1, 0.15) is 144 Å². The number of H-pyrrole nitrogens is 1. The number of carboxylic acids is 3. The molecule has 2 heterocycles. The Hall–Kier alpha value is -9.95. The molecule has 1 saturated heterocycles. The fourth-order valence-corrected chi connectivity index (χ4v) is 20.0. The Balaban J connectivity index is 0.884. The van der Waals surface area contributed by atoms with Crippen molar-refractivity contribution in [1.29, 1.82) is 0 Å². The zero-order chi connectivity index (χ0) is 96.4. The van der Waals surface area contributed by atoms with Crippen LogP contribution in [-0.4, -0.2) is 342 Å². The number of para-hydroxylation sites is 1. The molecular formula is C89H143N19O22S. The highest BCUT2D eigenvalue weighted by Gasteiger charge is 2.66. The molecule has 5 fully saturated rings. The molecule has 0 bridgehead atoms. The number of aromatic nitrogens is 1. The second-order valence-electron chi connectivity index (χ2n) is 36.8. The van der Waals surface area contributed by atoms with Crippen molar-refractivity contribution in [3.63, 3.8) is 0 Å². The van der Waals surface area contributed by atoms with Crippen molar-refractivity contribution >= 4 is 118 Å². The normalized spacial score (nSPS) is 24.0. The van der Waals surface area contributed by atoms with Gasteiger partial charge in [-0.05, 0) is 166 Å². The molecule has 4 aliphatic carbocycles. The van der Waals surface area contributed by atoms with Gasteiger partial charge >= 0.3 is 17.9 Å². The minimum atomic E-state index is -1.42. The summed E-state index contributed by atoms with van der Waals surface area (Å²) in [5.74, 6) is -11.9. The molecule has 1 aromatic heterocycles. The van der Waals surface area contributed by atoms with Gasteiger partial charge in [0.15, 0.2) is 0 Å². The molecule has 21 N–H and O–H groups in total. The second kappa shape index (κ2) is 53.1. The van der Waals surface area contributed by atoms with Gasteiger partial charge in [-0.2, -0.15) is 11.8 Å². The summed E-state index contributed by atoms with van der Waals surface area (Å²) in [5, 5.41) is 84.0. The number of aromatic amines is 1. The lowest BCUT2D eigenvalue weighted by Gasteiger charge is -2.63. The molecule has 1 aliphatic heterocycles. The van der Waals surface area contributed by atoms with Crippen molar-refractivity contribution in [1.82, 2.24) is 83.1 Å². The quantitative estimate of drug-likeness (QED) is 0.0200. The highest BCUT2D eigenvalue weighted by atomic mass is 32.2. The van der Waals surface area contributed by atoms with E-state index in [2.05, 4.69) is 88.9 Å². The van der Waals surface area contributed by atoms with Crippen molar-refractivity contribution in [3.8, 4) is 0 Å². The van der Waals surface area contributed by atoms with Crippen LogP contribution in [0.3, 0.4) is 0 Å². The first-order valence-electron chi connectivity index (χ1n) is 45.6. The topological polar surface area (TPSA) is 601 Å². The van der Waals surface area contributed by atoms with E-state index in [0.29, 0.717) is 43.4 Å². The lowest BCUT2D eigenvalue weighted by molar-refractivity contribution is -0.202. The van der Waals surface area contributed by atoms with Gasteiger partial charge in [0.05, 0.1) is 77.6 Å².